The van der Waals surface area contributed by atoms with E-state index in [-0.39, 0.29) is 5.91 Å². The van der Waals surface area contributed by atoms with Crippen molar-refractivity contribution in [3.8, 4) is 0 Å². The summed E-state index contributed by atoms with van der Waals surface area (Å²) in [4.78, 5) is 25.1. The molecular formula is C14H19NO3. The molecule has 0 fully saturated rings. The van der Waals surface area contributed by atoms with Gasteiger partial charge in [-0.15, -0.1) is 0 Å². The Labute approximate surface area is 108 Å². The molecule has 0 aromatic heterocycles. The van der Waals surface area contributed by atoms with Gasteiger partial charge < -0.3 is 9.64 Å². The average molecular weight is 249 g/mol. The molecule has 98 valence electrons. The van der Waals surface area contributed by atoms with Crippen molar-refractivity contribution in [2.24, 2.45) is 5.92 Å². The van der Waals surface area contributed by atoms with Crippen molar-refractivity contribution in [3.63, 3.8) is 0 Å². The van der Waals surface area contributed by atoms with Crippen LogP contribution in [0.4, 0.5) is 0 Å². The molecular weight excluding hydrogens is 230 g/mol. The van der Waals surface area contributed by atoms with E-state index in [2.05, 4.69) is 4.74 Å². The molecule has 0 aliphatic rings. The van der Waals surface area contributed by atoms with Crippen LogP contribution in [0.3, 0.4) is 0 Å². The highest BCUT2D eigenvalue weighted by atomic mass is 16.5. The minimum absolute atomic E-state index is 0.201. The fourth-order valence-electron chi connectivity index (χ4n) is 1.79. The summed E-state index contributed by atoms with van der Waals surface area (Å²) in [6.45, 7) is 2.29. The normalized spacial score (nSPS) is 11.7. The lowest BCUT2D eigenvalue weighted by atomic mass is 10.1. The number of esters is 1. The zero-order valence-corrected chi connectivity index (χ0v) is 11.1. The maximum Gasteiger partial charge on any atom is 0.318 e. The third-order valence-electron chi connectivity index (χ3n) is 2.83. The third-order valence-corrected chi connectivity index (χ3v) is 2.83. The Kier molecular flexibility index (Phi) is 5.36. The molecule has 0 heterocycles. The van der Waals surface area contributed by atoms with Gasteiger partial charge in [0.1, 0.15) is 5.92 Å². The number of nitrogens with zero attached hydrogens (tertiary/aromatic N) is 1. The minimum Gasteiger partial charge on any atom is -0.468 e. The first-order valence-corrected chi connectivity index (χ1v) is 5.96. The van der Waals surface area contributed by atoms with Gasteiger partial charge in [-0.05, 0) is 12.0 Å². The summed E-state index contributed by atoms with van der Waals surface area (Å²) in [7, 11) is 3.00. The van der Waals surface area contributed by atoms with E-state index in [1.807, 2.05) is 30.3 Å². The highest BCUT2D eigenvalue weighted by Gasteiger charge is 2.28. The van der Waals surface area contributed by atoms with E-state index in [0.29, 0.717) is 13.0 Å². The van der Waals surface area contributed by atoms with Gasteiger partial charge in [0.25, 0.3) is 0 Å². The van der Waals surface area contributed by atoms with Gasteiger partial charge in [0.15, 0.2) is 0 Å². The molecule has 0 aliphatic heterocycles. The van der Waals surface area contributed by atoms with Crippen molar-refractivity contribution >= 4 is 11.9 Å². The highest BCUT2D eigenvalue weighted by Crippen LogP contribution is 2.11. The zero-order chi connectivity index (χ0) is 13.5. The van der Waals surface area contributed by atoms with Crippen LogP contribution in [0.15, 0.2) is 30.3 Å². The van der Waals surface area contributed by atoms with Crippen molar-refractivity contribution in [3.05, 3.63) is 35.9 Å². The number of amides is 1. The van der Waals surface area contributed by atoms with E-state index in [1.54, 1.807) is 18.9 Å². The number of benzene rings is 1. The summed E-state index contributed by atoms with van der Waals surface area (Å²) < 4.78 is 4.64. The molecule has 1 aromatic carbocycles. The quantitative estimate of drug-likeness (QED) is 0.591. The first-order chi connectivity index (χ1) is 8.60. The Morgan fingerprint density at radius 1 is 1.28 bits per heavy atom. The Hall–Kier alpha value is -1.84. The van der Waals surface area contributed by atoms with Crippen LogP contribution in [0.1, 0.15) is 18.9 Å². The number of carbonyl (C=O) groups is 2. The summed E-state index contributed by atoms with van der Waals surface area (Å²) in [5.41, 5.74) is 1.04. The fourth-order valence-corrected chi connectivity index (χ4v) is 1.79. The third kappa shape index (κ3) is 3.58. The summed E-state index contributed by atoms with van der Waals surface area (Å²) in [5.74, 6) is -1.38. The predicted octanol–water partition coefficient (Wildman–Crippen LogP) is 1.84. The predicted molar refractivity (Wildman–Crippen MR) is 68.7 cm³/mol. The van der Waals surface area contributed by atoms with E-state index in [4.69, 9.17) is 0 Å². The summed E-state index contributed by atoms with van der Waals surface area (Å²) >= 11 is 0. The van der Waals surface area contributed by atoms with Crippen molar-refractivity contribution in [2.75, 3.05) is 14.2 Å². The fraction of sp³-hybridized carbons (Fsp3) is 0.429. The maximum absolute atomic E-state index is 12.1. The lowest BCUT2D eigenvalue weighted by molar-refractivity contribution is -0.153. The molecule has 4 nitrogen and oxygen atoms in total. The maximum atomic E-state index is 12.1. The van der Waals surface area contributed by atoms with Crippen LogP contribution in [0, 0.1) is 5.92 Å². The Bertz CT molecular complexity index is 403. The van der Waals surface area contributed by atoms with Crippen molar-refractivity contribution < 1.29 is 14.3 Å². The van der Waals surface area contributed by atoms with Gasteiger partial charge in [-0.25, -0.2) is 0 Å². The van der Waals surface area contributed by atoms with Crippen LogP contribution in [0.25, 0.3) is 0 Å². The Morgan fingerprint density at radius 2 is 1.89 bits per heavy atom. The van der Waals surface area contributed by atoms with Crippen LogP contribution in [0.2, 0.25) is 0 Å². The molecule has 4 heteroatoms. The second-order valence-corrected chi connectivity index (χ2v) is 4.16. The second-order valence-electron chi connectivity index (χ2n) is 4.16. The first-order valence-electron chi connectivity index (χ1n) is 5.96. The molecule has 1 rings (SSSR count). The van der Waals surface area contributed by atoms with Gasteiger partial charge in [-0.1, -0.05) is 37.3 Å². The summed E-state index contributed by atoms with van der Waals surface area (Å²) in [6, 6.07) is 9.66. The van der Waals surface area contributed by atoms with Crippen LogP contribution >= 0.6 is 0 Å². The monoisotopic (exact) mass is 249 g/mol. The summed E-state index contributed by atoms with van der Waals surface area (Å²) in [5, 5.41) is 0. The molecule has 0 radical (unpaired) electrons. The zero-order valence-electron chi connectivity index (χ0n) is 11.1. The Morgan fingerprint density at radius 3 is 2.39 bits per heavy atom. The first kappa shape index (κ1) is 14.2. The van der Waals surface area contributed by atoms with Gasteiger partial charge in [-0.2, -0.15) is 0 Å². The number of hydrogen-bond donors (Lipinski definition) is 0. The molecule has 0 spiro atoms. The molecule has 0 aliphatic carbocycles. The van der Waals surface area contributed by atoms with Crippen LogP contribution in [0.5, 0.6) is 0 Å². The molecule has 1 aromatic rings. The van der Waals surface area contributed by atoms with Crippen molar-refractivity contribution in [1.29, 1.82) is 0 Å². The van der Waals surface area contributed by atoms with E-state index in [1.165, 1.54) is 7.11 Å². The largest absolute Gasteiger partial charge is 0.468 e. The average Bonchev–Trinajstić information content (AvgIpc) is 2.40. The number of hydrogen-bond acceptors (Lipinski definition) is 3. The molecule has 1 atom stereocenters. The number of methoxy groups -OCH3 is 1. The second kappa shape index (κ2) is 6.79. The lowest BCUT2D eigenvalue weighted by Gasteiger charge is -2.21. The number of carbonyl (C=O) groups excluding carboxylic acids is 2. The molecule has 0 saturated heterocycles. The van der Waals surface area contributed by atoms with Gasteiger partial charge >= 0.3 is 5.97 Å². The van der Waals surface area contributed by atoms with Gasteiger partial charge in [0, 0.05) is 13.6 Å². The van der Waals surface area contributed by atoms with E-state index in [0.717, 1.165) is 5.56 Å². The van der Waals surface area contributed by atoms with Crippen LogP contribution < -0.4 is 0 Å². The van der Waals surface area contributed by atoms with Crippen LogP contribution in [-0.4, -0.2) is 30.9 Å². The molecule has 18 heavy (non-hydrogen) atoms. The summed E-state index contributed by atoms with van der Waals surface area (Å²) in [6.07, 6.45) is 0.449. The van der Waals surface area contributed by atoms with E-state index in [9.17, 15) is 9.59 Å². The van der Waals surface area contributed by atoms with Crippen molar-refractivity contribution in [2.45, 2.75) is 19.9 Å². The molecule has 0 bridgehead atoms. The van der Waals surface area contributed by atoms with Gasteiger partial charge in [0.05, 0.1) is 7.11 Å². The topological polar surface area (TPSA) is 46.6 Å². The molecule has 1 amide bonds. The standard InChI is InChI=1S/C14H19NO3/c1-4-12(14(17)18-3)13(16)15(2)10-11-8-6-5-7-9-11/h5-9,12H,4,10H2,1-3H3. The smallest absolute Gasteiger partial charge is 0.318 e. The minimum atomic E-state index is -0.705. The van der Waals surface area contributed by atoms with E-state index >= 15 is 0 Å². The molecule has 1 unspecified atom stereocenters. The number of ether oxygens (including phenoxy) is 1. The van der Waals surface area contributed by atoms with Gasteiger partial charge in [0.2, 0.25) is 5.91 Å². The molecule has 0 saturated carbocycles. The van der Waals surface area contributed by atoms with E-state index < -0.39 is 11.9 Å². The number of rotatable bonds is 5. The SMILES string of the molecule is CCC(C(=O)OC)C(=O)N(C)Cc1ccccc1. The Balaban J connectivity index is 2.68. The lowest BCUT2D eigenvalue weighted by Crippen LogP contribution is -2.36. The van der Waals surface area contributed by atoms with Crippen LogP contribution in [-0.2, 0) is 20.9 Å². The highest BCUT2D eigenvalue weighted by molar-refractivity contribution is 5.97. The molecule has 0 N–H and O–H groups in total. The van der Waals surface area contributed by atoms with Crippen molar-refractivity contribution in [1.82, 2.24) is 4.90 Å². The van der Waals surface area contributed by atoms with Gasteiger partial charge in [-0.3, -0.25) is 9.59 Å².